The number of carbonyl (C=O) groups is 1. The molecule has 1 saturated heterocycles. The predicted octanol–water partition coefficient (Wildman–Crippen LogP) is 0.0460. The summed E-state index contributed by atoms with van der Waals surface area (Å²) in [5.74, 6) is -0.180. The van der Waals surface area contributed by atoms with E-state index < -0.39 is 10.0 Å². The summed E-state index contributed by atoms with van der Waals surface area (Å²) >= 11 is 0. The molecule has 3 N–H and O–H groups in total. The Hall–Kier alpha value is -1.44. The fourth-order valence-corrected chi connectivity index (χ4v) is 3.20. The van der Waals surface area contributed by atoms with E-state index in [2.05, 4.69) is 4.72 Å². The first-order valence-corrected chi connectivity index (χ1v) is 8.08. The number of amides is 1. The summed E-state index contributed by atoms with van der Waals surface area (Å²) < 4.78 is 26.5. The fourth-order valence-electron chi connectivity index (χ4n) is 2.16. The minimum absolute atomic E-state index is 0.134. The molecule has 1 aromatic rings. The first-order valence-electron chi connectivity index (χ1n) is 6.59. The third kappa shape index (κ3) is 3.56. The van der Waals surface area contributed by atoms with E-state index >= 15 is 0 Å². The molecule has 1 aromatic carbocycles. The Balaban J connectivity index is 2.01. The number of benzene rings is 1. The molecule has 1 aliphatic rings. The number of nitrogens with zero attached hydrogens (tertiary/aromatic N) is 1. The molecule has 7 heteroatoms. The van der Waals surface area contributed by atoms with E-state index in [0.717, 1.165) is 18.4 Å². The van der Waals surface area contributed by atoms with E-state index in [0.29, 0.717) is 13.1 Å². The second-order valence-electron chi connectivity index (χ2n) is 4.76. The van der Waals surface area contributed by atoms with Crippen molar-refractivity contribution in [3.05, 3.63) is 29.8 Å². The highest BCUT2D eigenvalue weighted by Crippen LogP contribution is 2.11. The van der Waals surface area contributed by atoms with Crippen LogP contribution >= 0.6 is 0 Å². The molecule has 1 amide bonds. The molecule has 20 heavy (non-hydrogen) atoms. The molecule has 0 atom stereocenters. The van der Waals surface area contributed by atoms with Gasteiger partial charge in [0, 0.05) is 19.6 Å². The van der Waals surface area contributed by atoms with Crippen LogP contribution in [0.1, 0.15) is 18.4 Å². The van der Waals surface area contributed by atoms with Gasteiger partial charge in [-0.15, -0.1) is 0 Å². The fraction of sp³-hybridized carbons (Fsp3) is 0.462. The van der Waals surface area contributed by atoms with Crippen LogP contribution in [0.4, 0.5) is 0 Å². The quantitative estimate of drug-likeness (QED) is 0.803. The van der Waals surface area contributed by atoms with Gasteiger partial charge >= 0.3 is 0 Å². The molecular weight excluding hydrogens is 278 g/mol. The molecule has 0 spiro atoms. The van der Waals surface area contributed by atoms with Crippen LogP contribution in [0.3, 0.4) is 0 Å². The van der Waals surface area contributed by atoms with Crippen LogP contribution in [-0.4, -0.2) is 38.9 Å². The van der Waals surface area contributed by atoms with Crippen molar-refractivity contribution in [1.82, 2.24) is 9.62 Å². The van der Waals surface area contributed by atoms with Crippen molar-refractivity contribution >= 4 is 15.9 Å². The molecule has 2 rings (SSSR count). The van der Waals surface area contributed by atoms with Gasteiger partial charge in [0.2, 0.25) is 15.9 Å². The average molecular weight is 297 g/mol. The van der Waals surface area contributed by atoms with E-state index in [1.54, 1.807) is 17.0 Å². The number of sulfonamides is 1. The van der Waals surface area contributed by atoms with Gasteiger partial charge in [0.1, 0.15) is 0 Å². The van der Waals surface area contributed by atoms with Gasteiger partial charge in [-0.2, -0.15) is 0 Å². The summed E-state index contributed by atoms with van der Waals surface area (Å²) in [6.07, 6.45) is 1.97. The summed E-state index contributed by atoms with van der Waals surface area (Å²) in [7, 11) is -3.67. The third-order valence-corrected chi connectivity index (χ3v) is 4.72. The summed E-state index contributed by atoms with van der Waals surface area (Å²) in [5, 5.41) is 0. The van der Waals surface area contributed by atoms with E-state index in [1.807, 2.05) is 0 Å². The van der Waals surface area contributed by atoms with Crippen LogP contribution in [0.25, 0.3) is 0 Å². The van der Waals surface area contributed by atoms with Crippen molar-refractivity contribution in [2.45, 2.75) is 24.3 Å². The van der Waals surface area contributed by atoms with Crippen LogP contribution < -0.4 is 10.5 Å². The lowest BCUT2D eigenvalue weighted by Crippen LogP contribution is -2.38. The van der Waals surface area contributed by atoms with Crippen LogP contribution in [0, 0.1) is 0 Å². The minimum atomic E-state index is -3.67. The zero-order valence-electron chi connectivity index (χ0n) is 11.2. The Morgan fingerprint density at radius 3 is 2.65 bits per heavy atom. The normalized spacial score (nSPS) is 15.6. The molecule has 6 nitrogen and oxygen atoms in total. The highest BCUT2D eigenvalue weighted by molar-refractivity contribution is 7.89. The molecular formula is C13H19N3O3S. The first kappa shape index (κ1) is 15.0. The monoisotopic (exact) mass is 297 g/mol. The first-order chi connectivity index (χ1) is 9.53. The average Bonchev–Trinajstić information content (AvgIpc) is 2.99. The Kier molecular flexibility index (Phi) is 4.74. The van der Waals surface area contributed by atoms with E-state index in [4.69, 9.17) is 5.73 Å². The highest BCUT2D eigenvalue weighted by Gasteiger charge is 2.21. The van der Waals surface area contributed by atoms with Crippen LogP contribution in [0.5, 0.6) is 0 Å². The Morgan fingerprint density at radius 2 is 2.00 bits per heavy atom. The number of likely N-dealkylation sites (tertiary alicyclic amines) is 1. The summed E-state index contributed by atoms with van der Waals surface area (Å²) in [4.78, 5) is 13.6. The van der Waals surface area contributed by atoms with Crippen molar-refractivity contribution in [1.29, 1.82) is 0 Å². The Labute approximate surface area is 119 Å². The lowest BCUT2D eigenvalue weighted by Gasteiger charge is -2.15. The molecule has 0 bridgehead atoms. The van der Waals surface area contributed by atoms with Crippen LogP contribution in [-0.2, 0) is 21.4 Å². The summed E-state index contributed by atoms with van der Waals surface area (Å²) in [6, 6.07) is 6.40. The maximum absolute atomic E-state index is 12.1. The topological polar surface area (TPSA) is 92.5 Å². The number of nitrogens with two attached hydrogens (primary N) is 1. The molecule has 1 fully saturated rings. The van der Waals surface area contributed by atoms with E-state index in [9.17, 15) is 13.2 Å². The zero-order chi connectivity index (χ0) is 14.6. The van der Waals surface area contributed by atoms with Crippen LogP contribution in [0.2, 0.25) is 0 Å². The van der Waals surface area contributed by atoms with Gasteiger partial charge in [0.05, 0.1) is 11.4 Å². The predicted molar refractivity (Wildman–Crippen MR) is 75.3 cm³/mol. The molecule has 0 aliphatic carbocycles. The van der Waals surface area contributed by atoms with Gasteiger partial charge in [-0.05, 0) is 30.5 Å². The van der Waals surface area contributed by atoms with Crippen LogP contribution in [0.15, 0.2) is 29.2 Å². The van der Waals surface area contributed by atoms with E-state index in [-0.39, 0.29) is 23.9 Å². The summed E-state index contributed by atoms with van der Waals surface area (Å²) in [6.45, 7) is 1.50. The van der Waals surface area contributed by atoms with Gasteiger partial charge in [0.15, 0.2) is 0 Å². The van der Waals surface area contributed by atoms with Crippen molar-refractivity contribution in [3.63, 3.8) is 0 Å². The second-order valence-corrected chi connectivity index (χ2v) is 6.53. The van der Waals surface area contributed by atoms with Gasteiger partial charge in [-0.25, -0.2) is 13.1 Å². The lowest BCUT2D eigenvalue weighted by atomic mass is 10.2. The van der Waals surface area contributed by atoms with E-state index in [1.165, 1.54) is 12.1 Å². The molecule has 1 heterocycles. The molecule has 0 radical (unpaired) electrons. The standard InChI is InChI=1S/C13H19N3O3S/c14-9-11-4-3-5-12(8-11)20(18,19)15-10-13(17)16-6-1-2-7-16/h3-5,8,15H,1-2,6-7,9-10,14H2. The maximum atomic E-state index is 12.1. The maximum Gasteiger partial charge on any atom is 0.241 e. The molecule has 0 aromatic heterocycles. The summed E-state index contributed by atoms with van der Waals surface area (Å²) in [5.41, 5.74) is 6.23. The van der Waals surface area contributed by atoms with Gasteiger partial charge < -0.3 is 10.6 Å². The third-order valence-electron chi connectivity index (χ3n) is 3.32. The van der Waals surface area contributed by atoms with Crippen molar-refractivity contribution in [2.75, 3.05) is 19.6 Å². The smallest absolute Gasteiger partial charge is 0.241 e. The minimum Gasteiger partial charge on any atom is -0.342 e. The largest absolute Gasteiger partial charge is 0.342 e. The number of rotatable bonds is 5. The molecule has 0 unspecified atom stereocenters. The Morgan fingerprint density at radius 1 is 1.30 bits per heavy atom. The number of hydrogen-bond acceptors (Lipinski definition) is 4. The molecule has 1 aliphatic heterocycles. The number of hydrogen-bond donors (Lipinski definition) is 2. The molecule has 110 valence electrons. The van der Waals surface area contributed by atoms with Gasteiger partial charge in [-0.3, -0.25) is 4.79 Å². The number of carbonyl (C=O) groups excluding carboxylic acids is 1. The number of nitrogens with one attached hydrogen (secondary N) is 1. The van der Waals surface area contributed by atoms with Crippen molar-refractivity contribution in [3.8, 4) is 0 Å². The van der Waals surface area contributed by atoms with Crippen molar-refractivity contribution < 1.29 is 13.2 Å². The second kappa shape index (κ2) is 6.34. The SMILES string of the molecule is NCc1cccc(S(=O)(=O)NCC(=O)N2CCCC2)c1. The Bertz CT molecular complexity index is 580. The van der Waals surface area contributed by atoms with Gasteiger partial charge in [0.25, 0.3) is 0 Å². The zero-order valence-corrected chi connectivity index (χ0v) is 12.0. The highest BCUT2D eigenvalue weighted by atomic mass is 32.2. The van der Waals surface area contributed by atoms with Crippen molar-refractivity contribution in [2.24, 2.45) is 5.73 Å². The van der Waals surface area contributed by atoms with Gasteiger partial charge in [-0.1, -0.05) is 12.1 Å². The lowest BCUT2D eigenvalue weighted by molar-refractivity contribution is -0.128. The molecule has 0 saturated carbocycles.